The first-order chi connectivity index (χ1) is 6.24. The van der Waals surface area contributed by atoms with E-state index in [1.165, 1.54) is 0 Å². The van der Waals surface area contributed by atoms with Gasteiger partial charge in [0.2, 0.25) is 0 Å². The molecule has 0 amide bonds. The van der Waals surface area contributed by atoms with Crippen molar-refractivity contribution in [1.82, 2.24) is 5.32 Å². The SMILES string of the molecule is CSC(C)CCNC1COCC1O. The standard InChI is InChI=1S/C9H19NO2S/c1-7(13-2)3-4-10-8-5-12-6-9(8)11/h7-11H,3-6H2,1-2H3. The number of rotatable bonds is 5. The number of hydrogen-bond acceptors (Lipinski definition) is 4. The van der Waals surface area contributed by atoms with E-state index in [-0.39, 0.29) is 12.1 Å². The molecule has 1 aliphatic rings. The third kappa shape index (κ3) is 3.85. The van der Waals surface area contributed by atoms with Crippen LogP contribution >= 0.6 is 11.8 Å². The van der Waals surface area contributed by atoms with E-state index in [2.05, 4.69) is 18.5 Å². The van der Waals surface area contributed by atoms with Gasteiger partial charge in [-0.05, 0) is 19.2 Å². The Morgan fingerprint density at radius 2 is 2.38 bits per heavy atom. The Balaban J connectivity index is 2.05. The lowest BCUT2D eigenvalue weighted by molar-refractivity contribution is 0.122. The quantitative estimate of drug-likeness (QED) is 0.685. The molecule has 0 spiro atoms. The van der Waals surface area contributed by atoms with Gasteiger partial charge in [-0.15, -0.1) is 0 Å². The summed E-state index contributed by atoms with van der Waals surface area (Å²) in [5, 5.41) is 13.4. The van der Waals surface area contributed by atoms with Gasteiger partial charge in [0.15, 0.2) is 0 Å². The Kier molecular flexibility index (Phi) is 5.09. The van der Waals surface area contributed by atoms with E-state index in [1.807, 2.05) is 11.8 Å². The van der Waals surface area contributed by atoms with E-state index in [1.54, 1.807) is 0 Å². The van der Waals surface area contributed by atoms with E-state index in [4.69, 9.17) is 4.74 Å². The molecule has 0 aliphatic carbocycles. The molecule has 0 aromatic carbocycles. The maximum atomic E-state index is 9.42. The Bertz CT molecular complexity index is 146. The monoisotopic (exact) mass is 205 g/mol. The molecule has 1 saturated heterocycles. The lowest BCUT2D eigenvalue weighted by Gasteiger charge is -2.15. The van der Waals surface area contributed by atoms with Gasteiger partial charge >= 0.3 is 0 Å². The van der Waals surface area contributed by atoms with Crippen LogP contribution in [0.2, 0.25) is 0 Å². The molecule has 1 fully saturated rings. The minimum Gasteiger partial charge on any atom is -0.389 e. The number of ether oxygens (including phenoxy) is 1. The zero-order valence-electron chi connectivity index (χ0n) is 8.32. The third-order valence-electron chi connectivity index (χ3n) is 2.41. The van der Waals surface area contributed by atoms with E-state index >= 15 is 0 Å². The van der Waals surface area contributed by atoms with Crippen molar-refractivity contribution in [2.24, 2.45) is 0 Å². The molecule has 1 rings (SSSR count). The summed E-state index contributed by atoms with van der Waals surface area (Å²) in [6.07, 6.45) is 2.95. The van der Waals surface area contributed by atoms with Crippen LogP contribution in [0, 0.1) is 0 Å². The summed E-state index contributed by atoms with van der Waals surface area (Å²) in [6.45, 7) is 4.31. The van der Waals surface area contributed by atoms with Crippen molar-refractivity contribution >= 4 is 11.8 Å². The summed E-state index contributed by atoms with van der Waals surface area (Å²) in [6, 6.07) is 0.147. The Labute approximate surface area is 84.2 Å². The average Bonchev–Trinajstić information content (AvgIpc) is 2.52. The van der Waals surface area contributed by atoms with Crippen LogP contribution in [-0.2, 0) is 4.74 Å². The molecule has 0 radical (unpaired) electrons. The Morgan fingerprint density at radius 1 is 1.62 bits per heavy atom. The van der Waals surface area contributed by atoms with Gasteiger partial charge in [0, 0.05) is 5.25 Å². The lowest BCUT2D eigenvalue weighted by atomic mass is 10.2. The summed E-state index contributed by atoms with van der Waals surface area (Å²) in [7, 11) is 0. The molecule has 0 aromatic rings. The van der Waals surface area contributed by atoms with Gasteiger partial charge in [0.1, 0.15) is 0 Å². The predicted octanol–water partition coefficient (Wildman–Crippen LogP) is 0.477. The first-order valence-electron chi connectivity index (χ1n) is 4.76. The van der Waals surface area contributed by atoms with E-state index in [0.717, 1.165) is 13.0 Å². The minimum atomic E-state index is -0.315. The number of nitrogens with one attached hydrogen (secondary N) is 1. The molecule has 0 aromatic heterocycles. The first kappa shape index (κ1) is 11.3. The van der Waals surface area contributed by atoms with E-state index < -0.39 is 0 Å². The van der Waals surface area contributed by atoms with E-state index in [9.17, 15) is 5.11 Å². The maximum absolute atomic E-state index is 9.42. The molecular formula is C9H19NO2S. The molecule has 0 saturated carbocycles. The number of aliphatic hydroxyl groups excluding tert-OH is 1. The topological polar surface area (TPSA) is 41.5 Å². The second-order valence-electron chi connectivity index (χ2n) is 3.50. The third-order valence-corrected chi connectivity index (χ3v) is 3.45. The fourth-order valence-electron chi connectivity index (χ4n) is 1.33. The van der Waals surface area contributed by atoms with Gasteiger partial charge in [0.25, 0.3) is 0 Å². The number of aliphatic hydroxyl groups is 1. The number of hydrogen-bond donors (Lipinski definition) is 2. The van der Waals surface area contributed by atoms with Gasteiger partial charge in [-0.2, -0.15) is 11.8 Å². The molecule has 3 atom stereocenters. The normalized spacial score (nSPS) is 30.7. The molecule has 13 heavy (non-hydrogen) atoms. The number of thioether (sulfide) groups is 1. The van der Waals surface area contributed by atoms with Gasteiger partial charge in [-0.1, -0.05) is 6.92 Å². The summed E-state index contributed by atoms with van der Waals surface area (Å²) >= 11 is 1.87. The highest BCUT2D eigenvalue weighted by molar-refractivity contribution is 7.99. The van der Waals surface area contributed by atoms with Crippen molar-refractivity contribution in [1.29, 1.82) is 0 Å². The molecule has 1 aliphatic heterocycles. The Morgan fingerprint density at radius 3 is 2.92 bits per heavy atom. The van der Waals surface area contributed by atoms with Crippen LogP contribution in [0.3, 0.4) is 0 Å². The fourth-order valence-corrected chi connectivity index (χ4v) is 1.68. The van der Waals surface area contributed by atoms with Crippen molar-refractivity contribution in [2.45, 2.75) is 30.7 Å². The van der Waals surface area contributed by atoms with Crippen LogP contribution < -0.4 is 5.32 Å². The molecular weight excluding hydrogens is 186 g/mol. The highest BCUT2D eigenvalue weighted by Crippen LogP contribution is 2.09. The van der Waals surface area contributed by atoms with Gasteiger partial charge in [0.05, 0.1) is 25.4 Å². The molecule has 0 bridgehead atoms. The van der Waals surface area contributed by atoms with Crippen molar-refractivity contribution in [3.63, 3.8) is 0 Å². The van der Waals surface area contributed by atoms with Crippen molar-refractivity contribution < 1.29 is 9.84 Å². The lowest BCUT2D eigenvalue weighted by Crippen LogP contribution is -2.39. The molecule has 1 heterocycles. The van der Waals surface area contributed by atoms with Gasteiger partial charge < -0.3 is 15.2 Å². The van der Waals surface area contributed by atoms with Gasteiger partial charge in [-0.3, -0.25) is 0 Å². The molecule has 4 heteroatoms. The Hall–Kier alpha value is 0.230. The summed E-state index contributed by atoms with van der Waals surface area (Å²) in [5.41, 5.74) is 0. The second-order valence-corrected chi connectivity index (χ2v) is 4.78. The molecule has 78 valence electrons. The van der Waals surface area contributed by atoms with E-state index in [0.29, 0.717) is 18.5 Å². The summed E-state index contributed by atoms with van der Waals surface area (Å²) in [5.74, 6) is 0. The maximum Gasteiger partial charge on any atom is 0.0948 e. The summed E-state index contributed by atoms with van der Waals surface area (Å²) < 4.78 is 5.14. The van der Waals surface area contributed by atoms with Crippen molar-refractivity contribution in [2.75, 3.05) is 26.0 Å². The van der Waals surface area contributed by atoms with Crippen LogP contribution in [0.1, 0.15) is 13.3 Å². The highest BCUT2D eigenvalue weighted by Gasteiger charge is 2.25. The fraction of sp³-hybridized carbons (Fsp3) is 1.00. The zero-order valence-corrected chi connectivity index (χ0v) is 9.14. The zero-order chi connectivity index (χ0) is 9.68. The van der Waals surface area contributed by atoms with Gasteiger partial charge in [-0.25, -0.2) is 0 Å². The second kappa shape index (κ2) is 5.86. The highest BCUT2D eigenvalue weighted by atomic mass is 32.2. The van der Waals surface area contributed by atoms with Crippen molar-refractivity contribution in [3.05, 3.63) is 0 Å². The van der Waals surface area contributed by atoms with Crippen LogP contribution in [-0.4, -0.2) is 48.5 Å². The minimum absolute atomic E-state index is 0.147. The van der Waals surface area contributed by atoms with Crippen LogP contribution in [0.5, 0.6) is 0 Å². The average molecular weight is 205 g/mol. The largest absolute Gasteiger partial charge is 0.389 e. The molecule has 2 N–H and O–H groups in total. The summed E-state index contributed by atoms with van der Waals surface area (Å²) in [4.78, 5) is 0. The molecule has 3 unspecified atom stereocenters. The van der Waals surface area contributed by atoms with Crippen LogP contribution in [0.25, 0.3) is 0 Å². The van der Waals surface area contributed by atoms with Crippen molar-refractivity contribution in [3.8, 4) is 0 Å². The molecule has 3 nitrogen and oxygen atoms in total. The smallest absolute Gasteiger partial charge is 0.0948 e. The van der Waals surface area contributed by atoms with Crippen LogP contribution in [0.4, 0.5) is 0 Å². The first-order valence-corrected chi connectivity index (χ1v) is 6.05. The van der Waals surface area contributed by atoms with Crippen LogP contribution in [0.15, 0.2) is 0 Å². The predicted molar refractivity (Wildman–Crippen MR) is 56.2 cm³/mol.